The number of rotatable bonds is 0. The molecule has 1 fully saturated rings. The van der Waals surface area contributed by atoms with Crippen LogP contribution in [0, 0.1) is 0 Å². The molecule has 0 bridgehead atoms. The van der Waals surface area contributed by atoms with Crippen LogP contribution in [-0.4, -0.2) is 39.4 Å². The van der Waals surface area contributed by atoms with E-state index in [0.29, 0.717) is 0 Å². The van der Waals surface area contributed by atoms with Crippen LogP contribution in [0.15, 0.2) is 0 Å². The summed E-state index contributed by atoms with van der Waals surface area (Å²) in [7, 11) is 0. The van der Waals surface area contributed by atoms with E-state index in [1.165, 1.54) is 6.92 Å². The lowest BCUT2D eigenvalue weighted by molar-refractivity contribution is -0.212. The van der Waals surface area contributed by atoms with Crippen molar-refractivity contribution in [2.45, 2.75) is 37.9 Å². The van der Waals surface area contributed by atoms with Gasteiger partial charge in [0, 0.05) is 0 Å². The summed E-state index contributed by atoms with van der Waals surface area (Å²) < 4.78 is 4.83. The van der Waals surface area contributed by atoms with E-state index in [-0.39, 0.29) is 0 Å². The van der Waals surface area contributed by atoms with Crippen LogP contribution < -0.4 is 0 Å². The van der Waals surface area contributed by atoms with Gasteiger partial charge in [0.25, 0.3) is 0 Å². The summed E-state index contributed by atoms with van der Waals surface area (Å²) in [5.74, 6) is -1.60. The fourth-order valence-corrected chi connectivity index (χ4v) is 1.09. The van der Waals surface area contributed by atoms with Crippen molar-refractivity contribution >= 4 is 0 Å². The first-order chi connectivity index (χ1) is 4.45. The van der Waals surface area contributed by atoms with Crippen molar-refractivity contribution in [2.75, 3.05) is 0 Å². The van der Waals surface area contributed by atoms with Gasteiger partial charge in [0.2, 0.25) is 0 Å². The second kappa shape index (κ2) is 2.17. The summed E-state index contributed by atoms with van der Waals surface area (Å²) in [5.41, 5.74) is 0. The third-order valence-corrected chi connectivity index (χ3v) is 1.78. The highest BCUT2D eigenvalue weighted by molar-refractivity contribution is 4.90. The monoisotopic (exact) mass is 148 g/mol. The molecule has 3 N–H and O–H groups in total. The first-order valence-electron chi connectivity index (χ1n) is 3.21. The minimum atomic E-state index is -1.60. The van der Waals surface area contributed by atoms with Crippen LogP contribution >= 0.6 is 0 Å². The Labute approximate surface area is 59.1 Å². The summed E-state index contributed by atoms with van der Waals surface area (Å²) in [6.07, 6.45) is -2.71. The van der Waals surface area contributed by atoms with Crippen molar-refractivity contribution < 1.29 is 20.1 Å². The van der Waals surface area contributed by atoms with Gasteiger partial charge in [-0.15, -0.1) is 0 Å². The maximum atomic E-state index is 9.17. The van der Waals surface area contributed by atoms with E-state index in [0.717, 1.165) is 0 Å². The predicted octanol–water partition coefficient (Wildman–Crippen LogP) is -1.16. The Hall–Kier alpha value is -0.160. The van der Waals surface area contributed by atoms with E-state index < -0.39 is 24.1 Å². The molecular weight excluding hydrogens is 136 g/mol. The molecule has 4 unspecified atom stereocenters. The van der Waals surface area contributed by atoms with E-state index in [1.807, 2.05) is 0 Å². The van der Waals surface area contributed by atoms with Gasteiger partial charge in [0.1, 0.15) is 12.2 Å². The van der Waals surface area contributed by atoms with Crippen molar-refractivity contribution in [2.24, 2.45) is 0 Å². The molecule has 1 rings (SSSR count). The fourth-order valence-electron chi connectivity index (χ4n) is 1.09. The minimum Gasteiger partial charge on any atom is -0.387 e. The number of aliphatic hydroxyl groups excluding tert-OH is 2. The van der Waals surface area contributed by atoms with E-state index in [9.17, 15) is 5.11 Å². The fraction of sp³-hybridized carbons (Fsp3) is 1.00. The number of ether oxygens (including phenoxy) is 1. The summed E-state index contributed by atoms with van der Waals surface area (Å²) in [6, 6.07) is 0. The number of hydrogen-bond donors (Lipinski definition) is 3. The van der Waals surface area contributed by atoms with E-state index in [4.69, 9.17) is 14.9 Å². The zero-order chi connectivity index (χ0) is 7.94. The topological polar surface area (TPSA) is 69.9 Å². The summed E-state index contributed by atoms with van der Waals surface area (Å²) in [6.45, 7) is 2.92. The third-order valence-electron chi connectivity index (χ3n) is 1.78. The van der Waals surface area contributed by atoms with Crippen LogP contribution in [0.4, 0.5) is 0 Å². The molecule has 0 amide bonds. The molecule has 0 spiro atoms. The molecule has 0 saturated carbocycles. The zero-order valence-electron chi connectivity index (χ0n) is 5.98. The maximum Gasteiger partial charge on any atom is 0.192 e. The first kappa shape index (κ1) is 7.94. The van der Waals surface area contributed by atoms with Gasteiger partial charge in [0.15, 0.2) is 5.79 Å². The van der Waals surface area contributed by atoms with Crippen LogP contribution in [-0.2, 0) is 4.74 Å². The van der Waals surface area contributed by atoms with Gasteiger partial charge in [-0.3, -0.25) is 0 Å². The molecular formula is C6H12O4. The van der Waals surface area contributed by atoms with E-state index in [1.54, 1.807) is 6.92 Å². The van der Waals surface area contributed by atoms with Crippen molar-refractivity contribution in [3.8, 4) is 0 Å². The van der Waals surface area contributed by atoms with Gasteiger partial charge in [-0.2, -0.15) is 0 Å². The molecule has 1 saturated heterocycles. The highest BCUT2D eigenvalue weighted by Gasteiger charge is 2.48. The molecule has 0 aromatic carbocycles. The van der Waals surface area contributed by atoms with Crippen molar-refractivity contribution in [1.82, 2.24) is 0 Å². The maximum absolute atomic E-state index is 9.17. The number of hydrogen-bond acceptors (Lipinski definition) is 4. The van der Waals surface area contributed by atoms with Crippen molar-refractivity contribution in [1.29, 1.82) is 0 Å². The van der Waals surface area contributed by atoms with Crippen LogP contribution in [0.1, 0.15) is 13.8 Å². The molecule has 0 aliphatic carbocycles. The van der Waals surface area contributed by atoms with Gasteiger partial charge in [0.05, 0.1) is 6.10 Å². The molecule has 0 aromatic rings. The summed E-state index contributed by atoms with van der Waals surface area (Å²) >= 11 is 0. The Morgan fingerprint density at radius 1 is 1.40 bits per heavy atom. The molecule has 1 aliphatic heterocycles. The van der Waals surface area contributed by atoms with Gasteiger partial charge >= 0.3 is 0 Å². The lowest BCUT2D eigenvalue weighted by atomic mass is 10.1. The van der Waals surface area contributed by atoms with E-state index >= 15 is 0 Å². The molecule has 1 aliphatic rings. The van der Waals surface area contributed by atoms with Gasteiger partial charge in [-0.05, 0) is 13.8 Å². The normalized spacial score (nSPS) is 55.5. The smallest absolute Gasteiger partial charge is 0.192 e. The van der Waals surface area contributed by atoms with Gasteiger partial charge < -0.3 is 20.1 Å². The Morgan fingerprint density at radius 2 is 1.90 bits per heavy atom. The summed E-state index contributed by atoms with van der Waals surface area (Å²) in [4.78, 5) is 0. The average molecular weight is 148 g/mol. The van der Waals surface area contributed by atoms with Crippen LogP contribution in [0.5, 0.6) is 0 Å². The predicted molar refractivity (Wildman–Crippen MR) is 33.2 cm³/mol. The molecule has 1 heterocycles. The lowest BCUT2D eigenvalue weighted by Gasteiger charge is -2.19. The quantitative estimate of drug-likeness (QED) is 0.405. The Kier molecular flexibility index (Phi) is 1.72. The second-order valence-corrected chi connectivity index (χ2v) is 2.81. The largest absolute Gasteiger partial charge is 0.387 e. The summed E-state index contributed by atoms with van der Waals surface area (Å²) in [5, 5.41) is 27.3. The second-order valence-electron chi connectivity index (χ2n) is 2.81. The molecule has 0 aromatic heterocycles. The molecule has 4 atom stereocenters. The third kappa shape index (κ3) is 1.03. The standard InChI is InChI=1S/C6H12O4/c1-3-4(7)5(8)6(2,9)10-3/h3-5,7-9H,1-2H3. The van der Waals surface area contributed by atoms with Crippen LogP contribution in [0.25, 0.3) is 0 Å². The SMILES string of the molecule is CC1OC(C)(O)C(O)C1O. The molecule has 0 radical (unpaired) electrons. The Balaban J connectivity index is 2.71. The minimum absolute atomic E-state index is 0.509. The Bertz CT molecular complexity index is 134. The molecule has 4 heteroatoms. The van der Waals surface area contributed by atoms with E-state index in [2.05, 4.69) is 0 Å². The molecule has 4 nitrogen and oxygen atoms in total. The average Bonchev–Trinajstić information content (AvgIpc) is 1.95. The van der Waals surface area contributed by atoms with Crippen LogP contribution in [0.3, 0.4) is 0 Å². The molecule has 60 valence electrons. The Morgan fingerprint density at radius 3 is 2.00 bits per heavy atom. The number of aliphatic hydroxyl groups is 3. The molecule has 10 heavy (non-hydrogen) atoms. The van der Waals surface area contributed by atoms with Crippen molar-refractivity contribution in [3.05, 3.63) is 0 Å². The lowest BCUT2D eigenvalue weighted by Crippen LogP contribution is -2.40. The highest BCUT2D eigenvalue weighted by atomic mass is 16.7. The highest BCUT2D eigenvalue weighted by Crippen LogP contribution is 2.27. The van der Waals surface area contributed by atoms with Gasteiger partial charge in [-0.1, -0.05) is 0 Å². The first-order valence-corrected chi connectivity index (χ1v) is 3.21. The zero-order valence-corrected chi connectivity index (χ0v) is 5.98. The van der Waals surface area contributed by atoms with Gasteiger partial charge in [-0.25, -0.2) is 0 Å². The van der Waals surface area contributed by atoms with Crippen molar-refractivity contribution in [3.63, 3.8) is 0 Å². The van der Waals surface area contributed by atoms with Crippen LogP contribution in [0.2, 0.25) is 0 Å².